The van der Waals surface area contributed by atoms with Crippen molar-refractivity contribution in [2.75, 3.05) is 6.26 Å². The standard InChI is InChI=1S/C14H10ClFOS/c1-18-11-4-2-3-9(7-11)14(17)10-5-6-13(16)12(15)8-10/h2-8H,1H3. The Kier molecular flexibility index (Phi) is 4.04. The highest BCUT2D eigenvalue weighted by atomic mass is 35.5. The summed E-state index contributed by atoms with van der Waals surface area (Å²) in [5.74, 6) is -0.682. The minimum Gasteiger partial charge on any atom is -0.289 e. The molecule has 0 atom stereocenters. The molecule has 0 radical (unpaired) electrons. The molecule has 4 heteroatoms. The van der Waals surface area contributed by atoms with Gasteiger partial charge in [0, 0.05) is 16.0 Å². The van der Waals surface area contributed by atoms with Gasteiger partial charge in [-0.1, -0.05) is 23.7 Å². The van der Waals surface area contributed by atoms with Gasteiger partial charge in [-0.05, 0) is 36.6 Å². The van der Waals surface area contributed by atoms with Gasteiger partial charge >= 0.3 is 0 Å². The van der Waals surface area contributed by atoms with Gasteiger partial charge in [0.1, 0.15) is 5.82 Å². The summed E-state index contributed by atoms with van der Waals surface area (Å²) in [5.41, 5.74) is 0.962. The van der Waals surface area contributed by atoms with Crippen LogP contribution in [0.2, 0.25) is 5.02 Å². The van der Waals surface area contributed by atoms with Gasteiger partial charge in [-0.25, -0.2) is 4.39 Å². The monoisotopic (exact) mass is 280 g/mol. The van der Waals surface area contributed by atoms with Gasteiger partial charge in [-0.2, -0.15) is 0 Å². The molecule has 0 heterocycles. The van der Waals surface area contributed by atoms with Crippen molar-refractivity contribution < 1.29 is 9.18 Å². The summed E-state index contributed by atoms with van der Waals surface area (Å²) in [7, 11) is 0. The van der Waals surface area contributed by atoms with E-state index in [0.29, 0.717) is 11.1 Å². The molecule has 2 rings (SSSR count). The van der Waals surface area contributed by atoms with Crippen LogP contribution in [-0.2, 0) is 0 Å². The van der Waals surface area contributed by atoms with Crippen LogP contribution in [0.4, 0.5) is 4.39 Å². The fraction of sp³-hybridized carbons (Fsp3) is 0.0714. The summed E-state index contributed by atoms with van der Waals surface area (Å²) in [6, 6.07) is 11.3. The van der Waals surface area contributed by atoms with Gasteiger partial charge in [-0.3, -0.25) is 4.79 Å². The van der Waals surface area contributed by atoms with Crippen molar-refractivity contribution in [3.8, 4) is 0 Å². The highest BCUT2D eigenvalue weighted by Gasteiger charge is 2.11. The predicted molar refractivity (Wildman–Crippen MR) is 73.1 cm³/mol. The lowest BCUT2D eigenvalue weighted by molar-refractivity contribution is 0.103. The molecular weight excluding hydrogens is 271 g/mol. The molecule has 0 fully saturated rings. The quantitative estimate of drug-likeness (QED) is 0.611. The highest BCUT2D eigenvalue weighted by Crippen LogP contribution is 2.21. The van der Waals surface area contributed by atoms with E-state index in [1.165, 1.54) is 18.2 Å². The number of halogens is 2. The maximum Gasteiger partial charge on any atom is 0.193 e. The molecule has 0 unspecified atom stereocenters. The van der Waals surface area contributed by atoms with E-state index in [9.17, 15) is 9.18 Å². The van der Waals surface area contributed by atoms with Gasteiger partial charge in [0.15, 0.2) is 5.78 Å². The lowest BCUT2D eigenvalue weighted by Gasteiger charge is -2.04. The SMILES string of the molecule is CSc1cccc(C(=O)c2ccc(F)c(Cl)c2)c1. The van der Waals surface area contributed by atoms with E-state index >= 15 is 0 Å². The Bertz CT molecular complexity index is 598. The predicted octanol–water partition coefficient (Wildman–Crippen LogP) is 4.43. The van der Waals surface area contributed by atoms with E-state index in [1.54, 1.807) is 17.8 Å². The minimum atomic E-state index is -0.522. The Hall–Kier alpha value is -1.32. The smallest absolute Gasteiger partial charge is 0.193 e. The number of thioether (sulfide) groups is 1. The molecule has 0 aliphatic carbocycles. The molecule has 0 saturated carbocycles. The van der Waals surface area contributed by atoms with Gasteiger partial charge in [0.25, 0.3) is 0 Å². The fourth-order valence-corrected chi connectivity index (χ4v) is 2.21. The molecule has 0 saturated heterocycles. The first-order valence-corrected chi connectivity index (χ1v) is 6.86. The van der Waals surface area contributed by atoms with Crippen molar-refractivity contribution in [2.24, 2.45) is 0 Å². The Morgan fingerprint density at radius 3 is 2.56 bits per heavy atom. The number of rotatable bonds is 3. The molecular formula is C14H10ClFOS. The minimum absolute atomic E-state index is 0.0399. The largest absolute Gasteiger partial charge is 0.289 e. The number of hydrogen-bond donors (Lipinski definition) is 0. The van der Waals surface area contributed by atoms with Gasteiger partial charge < -0.3 is 0 Å². The molecule has 18 heavy (non-hydrogen) atoms. The highest BCUT2D eigenvalue weighted by molar-refractivity contribution is 7.98. The molecule has 1 nitrogen and oxygen atoms in total. The zero-order valence-electron chi connectivity index (χ0n) is 9.61. The van der Waals surface area contributed by atoms with E-state index in [-0.39, 0.29) is 10.8 Å². The first kappa shape index (κ1) is 13.1. The third kappa shape index (κ3) is 2.74. The summed E-state index contributed by atoms with van der Waals surface area (Å²) in [4.78, 5) is 13.2. The number of carbonyl (C=O) groups is 1. The Labute approximate surface area is 114 Å². The first-order chi connectivity index (χ1) is 8.61. The maximum atomic E-state index is 13.0. The van der Waals surface area contributed by atoms with Crippen LogP contribution in [0.1, 0.15) is 15.9 Å². The molecule has 0 N–H and O–H groups in total. The fourth-order valence-electron chi connectivity index (χ4n) is 1.57. The second-order valence-electron chi connectivity index (χ2n) is 3.69. The summed E-state index contributed by atoms with van der Waals surface area (Å²) < 4.78 is 13.0. The van der Waals surface area contributed by atoms with Crippen molar-refractivity contribution in [1.29, 1.82) is 0 Å². The van der Waals surface area contributed by atoms with E-state index in [0.717, 1.165) is 4.90 Å². The van der Waals surface area contributed by atoms with Crippen molar-refractivity contribution in [1.82, 2.24) is 0 Å². The lowest BCUT2D eigenvalue weighted by atomic mass is 10.0. The average Bonchev–Trinajstić information content (AvgIpc) is 2.41. The van der Waals surface area contributed by atoms with Crippen LogP contribution in [-0.4, -0.2) is 12.0 Å². The van der Waals surface area contributed by atoms with Crippen LogP contribution in [0.15, 0.2) is 47.4 Å². The Morgan fingerprint density at radius 1 is 1.17 bits per heavy atom. The molecule has 0 aromatic heterocycles. The Morgan fingerprint density at radius 2 is 1.89 bits per heavy atom. The zero-order valence-corrected chi connectivity index (χ0v) is 11.2. The molecule has 92 valence electrons. The molecule has 0 bridgehead atoms. The number of ketones is 1. The normalized spacial score (nSPS) is 10.4. The molecule has 0 aliphatic heterocycles. The van der Waals surface area contributed by atoms with Gasteiger partial charge in [-0.15, -0.1) is 11.8 Å². The summed E-state index contributed by atoms with van der Waals surface area (Å²) >= 11 is 7.24. The second-order valence-corrected chi connectivity index (χ2v) is 4.98. The maximum absolute atomic E-state index is 13.0. The number of hydrogen-bond acceptors (Lipinski definition) is 2. The van der Waals surface area contributed by atoms with Crippen molar-refractivity contribution >= 4 is 29.1 Å². The molecule has 0 amide bonds. The van der Waals surface area contributed by atoms with Crippen LogP contribution in [0, 0.1) is 5.82 Å². The molecule has 2 aromatic carbocycles. The van der Waals surface area contributed by atoms with E-state index in [4.69, 9.17) is 11.6 Å². The van der Waals surface area contributed by atoms with Crippen LogP contribution in [0.3, 0.4) is 0 Å². The molecule has 2 aromatic rings. The lowest BCUT2D eigenvalue weighted by Crippen LogP contribution is -2.01. The topological polar surface area (TPSA) is 17.1 Å². The van der Waals surface area contributed by atoms with E-state index in [2.05, 4.69) is 0 Å². The van der Waals surface area contributed by atoms with Crippen molar-refractivity contribution in [2.45, 2.75) is 4.90 Å². The third-order valence-corrected chi connectivity index (χ3v) is 3.53. The molecule has 0 spiro atoms. The summed E-state index contributed by atoms with van der Waals surface area (Å²) in [6.07, 6.45) is 1.94. The van der Waals surface area contributed by atoms with Crippen LogP contribution < -0.4 is 0 Å². The number of benzene rings is 2. The van der Waals surface area contributed by atoms with Crippen LogP contribution in [0.5, 0.6) is 0 Å². The third-order valence-electron chi connectivity index (χ3n) is 2.51. The van der Waals surface area contributed by atoms with E-state index < -0.39 is 5.82 Å². The van der Waals surface area contributed by atoms with Crippen molar-refractivity contribution in [3.63, 3.8) is 0 Å². The van der Waals surface area contributed by atoms with Gasteiger partial charge in [0.2, 0.25) is 0 Å². The van der Waals surface area contributed by atoms with Crippen LogP contribution in [0.25, 0.3) is 0 Å². The van der Waals surface area contributed by atoms with Crippen molar-refractivity contribution in [3.05, 3.63) is 64.4 Å². The van der Waals surface area contributed by atoms with Gasteiger partial charge in [0.05, 0.1) is 5.02 Å². The number of carbonyl (C=O) groups excluding carboxylic acids is 1. The molecule has 0 aliphatic rings. The first-order valence-electron chi connectivity index (χ1n) is 5.25. The van der Waals surface area contributed by atoms with Crippen LogP contribution >= 0.6 is 23.4 Å². The zero-order chi connectivity index (χ0) is 13.1. The average molecular weight is 281 g/mol. The summed E-state index contributed by atoms with van der Waals surface area (Å²) in [6.45, 7) is 0. The summed E-state index contributed by atoms with van der Waals surface area (Å²) in [5, 5.41) is -0.0399. The van der Waals surface area contributed by atoms with E-state index in [1.807, 2.05) is 24.5 Å². The second kappa shape index (κ2) is 5.55. The Balaban J connectivity index is 2.38.